The Bertz CT molecular complexity index is 919. The smallest absolute Gasteiger partial charge is 0.273 e. The van der Waals surface area contributed by atoms with Gasteiger partial charge in [-0.25, -0.2) is 0 Å². The predicted octanol–water partition coefficient (Wildman–Crippen LogP) is 3.13. The van der Waals surface area contributed by atoms with Crippen molar-refractivity contribution in [1.29, 1.82) is 0 Å². The molecular formula is C19H20N4O3. The van der Waals surface area contributed by atoms with Crippen molar-refractivity contribution in [2.45, 2.75) is 31.9 Å². The minimum absolute atomic E-state index is 0.0991. The molecule has 0 spiro atoms. The molecule has 0 saturated carbocycles. The summed E-state index contributed by atoms with van der Waals surface area (Å²) in [7, 11) is 1.58. The molecule has 1 aliphatic heterocycles. The molecule has 1 atom stereocenters. The zero-order valence-corrected chi connectivity index (χ0v) is 14.6. The van der Waals surface area contributed by atoms with Crippen LogP contribution in [0.4, 0.5) is 0 Å². The van der Waals surface area contributed by atoms with E-state index in [0.29, 0.717) is 24.0 Å². The molecule has 134 valence electrons. The van der Waals surface area contributed by atoms with E-state index in [4.69, 9.17) is 9.26 Å². The van der Waals surface area contributed by atoms with E-state index in [-0.39, 0.29) is 18.6 Å². The van der Waals surface area contributed by atoms with Crippen LogP contribution in [0.2, 0.25) is 0 Å². The fourth-order valence-corrected chi connectivity index (χ4v) is 3.45. The molecular weight excluding hydrogens is 332 g/mol. The number of nitrogens with zero attached hydrogens (tertiary/aromatic N) is 4. The lowest BCUT2D eigenvalue weighted by Gasteiger charge is -2.33. The van der Waals surface area contributed by atoms with Gasteiger partial charge in [-0.05, 0) is 30.7 Å². The van der Waals surface area contributed by atoms with Gasteiger partial charge in [-0.2, -0.15) is 4.98 Å². The van der Waals surface area contributed by atoms with Crippen LogP contribution in [0.3, 0.4) is 0 Å². The number of carbonyl (C=O) groups excluding carboxylic acids is 1. The normalized spacial score (nSPS) is 17.6. The van der Waals surface area contributed by atoms with Crippen LogP contribution in [-0.4, -0.2) is 39.6 Å². The highest BCUT2D eigenvalue weighted by atomic mass is 16.5. The summed E-state index contributed by atoms with van der Waals surface area (Å²) < 4.78 is 10.4. The second-order valence-corrected chi connectivity index (χ2v) is 6.37. The Morgan fingerprint density at radius 3 is 3.08 bits per heavy atom. The Balaban J connectivity index is 1.68. The average Bonchev–Trinajstić information content (AvgIpc) is 3.16. The molecule has 1 aromatic carbocycles. The molecule has 2 aromatic heterocycles. The first kappa shape index (κ1) is 16.7. The van der Waals surface area contributed by atoms with Crippen LogP contribution >= 0.6 is 0 Å². The van der Waals surface area contributed by atoms with Gasteiger partial charge in [0.2, 0.25) is 5.89 Å². The van der Waals surface area contributed by atoms with Gasteiger partial charge in [-0.15, -0.1) is 0 Å². The first-order chi connectivity index (χ1) is 12.8. The van der Waals surface area contributed by atoms with Gasteiger partial charge in [-0.1, -0.05) is 29.4 Å². The Labute approximate surface area is 151 Å². The van der Waals surface area contributed by atoms with Gasteiger partial charge in [-0.3, -0.25) is 9.78 Å². The molecule has 1 saturated heterocycles. The molecule has 0 aliphatic carbocycles. The quantitative estimate of drug-likeness (QED) is 0.717. The third-order valence-electron chi connectivity index (χ3n) is 4.68. The van der Waals surface area contributed by atoms with Gasteiger partial charge in [0.05, 0.1) is 0 Å². The number of hydrogen-bond donors (Lipinski definition) is 0. The Morgan fingerprint density at radius 1 is 1.31 bits per heavy atom. The minimum Gasteiger partial charge on any atom is -0.377 e. The fraction of sp³-hybridized carbons (Fsp3) is 0.368. The van der Waals surface area contributed by atoms with Crippen LogP contribution in [0.15, 0.2) is 41.1 Å². The molecule has 7 heteroatoms. The monoisotopic (exact) mass is 352 g/mol. The molecule has 3 heterocycles. The third kappa shape index (κ3) is 3.06. The number of pyridine rings is 1. The van der Waals surface area contributed by atoms with Crippen molar-refractivity contribution in [3.63, 3.8) is 0 Å². The SMILES string of the molecule is COCc1noc([C@H]2CCCCN2C(=O)c2nccc3ccccc23)n1. The Morgan fingerprint density at radius 2 is 2.19 bits per heavy atom. The highest BCUT2D eigenvalue weighted by molar-refractivity contribution is 6.05. The number of hydrogen-bond acceptors (Lipinski definition) is 6. The number of carbonyl (C=O) groups is 1. The van der Waals surface area contributed by atoms with Crippen LogP contribution in [0.5, 0.6) is 0 Å². The second-order valence-electron chi connectivity index (χ2n) is 6.37. The molecule has 1 aliphatic rings. The van der Waals surface area contributed by atoms with Crippen molar-refractivity contribution < 1.29 is 14.1 Å². The number of amides is 1. The lowest BCUT2D eigenvalue weighted by molar-refractivity contribution is 0.0557. The van der Waals surface area contributed by atoms with Gasteiger partial charge in [0.25, 0.3) is 5.91 Å². The van der Waals surface area contributed by atoms with E-state index < -0.39 is 0 Å². The van der Waals surface area contributed by atoms with E-state index in [0.717, 1.165) is 30.0 Å². The Hall–Kier alpha value is -2.80. The van der Waals surface area contributed by atoms with E-state index in [1.807, 2.05) is 35.2 Å². The van der Waals surface area contributed by atoms with Crippen molar-refractivity contribution in [2.75, 3.05) is 13.7 Å². The first-order valence-electron chi connectivity index (χ1n) is 8.74. The molecule has 7 nitrogen and oxygen atoms in total. The third-order valence-corrected chi connectivity index (χ3v) is 4.68. The number of aromatic nitrogens is 3. The zero-order chi connectivity index (χ0) is 17.9. The van der Waals surface area contributed by atoms with E-state index >= 15 is 0 Å². The molecule has 0 N–H and O–H groups in total. The fourth-order valence-electron chi connectivity index (χ4n) is 3.45. The average molecular weight is 352 g/mol. The number of ether oxygens (including phenoxy) is 1. The van der Waals surface area contributed by atoms with Crippen LogP contribution in [0, 0.1) is 0 Å². The lowest BCUT2D eigenvalue weighted by atomic mass is 10.0. The summed E-state index contributed by atoms with van der Waals surface area (Å²) in [4.78, 5) is 23.8. The lowest BCUT2D eigenvalue weighted by Crippen LogP contribution is -2.39. The van der Waals surface area contributed by atoms with Crippen LogP contribution in [0.25, 0.3) is 10.8 Å². The number of benzene rings is 1. The van der Waals surface area contributed by atoms with Gasteiger partial charge >= 0.3 is 0 Å². The van der Waals surface area contributed by atoms with Crippen molar-refractivity contribution in [3.05, 3.63) is 53.9 Å². The van der Waals surface area contributed by atoms with Crippen molar-refractivity contribution in [1.82, 2.24) is 20.0 Å². The molecule has 1 fully saturated rings. The topological polar surface area (TPSA) is 81.4 Å². The standard InChI is InChI=1S/C19H20N4O3/c1-25-12-16-21-18(26-22-16)15-8-4-5-11-23(15)19(24)17-14-7-3-2-6-13(14)9-10-20-17/h2-3,6-7,9-10,15H,4-5,8,11-12H2,1H3/t15-/m1/s1. The molecule has 1 amide bonds. The zero-order valence-electron chi connectivity index (χ0n) is 14.6. The summed E-state index contributed by atoms with van der Waals surface area (Å²) in [5, 5.41) is 5.79. The molecule has 0 bridgehead atoms. The summed E-state index contributed by atoms with van der Waals surface area (Å²) in [5.74, 6) is 0.854. The van der Waals surface area contributed by atoms with Crippen LogP contribution < -0.4 is 0 Å². The first-order valence-corrected chi connectivity index (χ1v) is 8.74. The minimum atomic E-state index is -0.227. The van der Waals surface area contributed by atoms with E-state index in [1.54, 1.807) is 13.3 Å². The van der Waals surface area contributed by atoms with E-state index in [9.17, 15) is 4.79 Å². The molecule has 4 rings (SSSR count). The van der Waals surface area contributed by atoms with Crippen molar-refractivity contribution in [3.8, 4) is 0 Å². The van der Waals surface area contributed by atoms with Crippen LogP contribution in [0.1, 0.15) is 47.5 Å². The van der Waals surface area contributed by atoms with Crippen molar-refractivity contribution >= 4 is 16.7 Å². The number of fused-ring (bicyclic) bond motifs is 1. The summed E-state index contributed by atoms with van der Waals surface area (Å²) in [6.07, 6.45) is 4.44. The van der Waals surface area contributed by atoms with E-state index in [1.165, 1.54) is 0 Å². The maximum atomic E-state index is 13.3. The molecule has 0 unspecified atom stereocenters. The summed E-state index contributed by atoms with van der Waals surface area (Å²) in [6, 6.07) is 9.47. The predicted molar refractivity (Wildman–Crippen MR) is 94.4 cm³/mol. The number of likely N-dealkylation sites (tertiary alicyclic amines) is 1. The highest BCUT2D eigenvalue weighted by Gasteiger charge is 2.33. The largest absolute Gasteiger partial charge is 0.377 e. The maximum absolute atomic E-state index is 13.3. The van der Waals surface area contributed by atoms with Gasteiger partial charge in [0.1, 0.15) is 18.3 Å². The molecule has 3 aromatic rings. The van der Waals surface area contributed by atoms with Gasteiger partial charge < -0.3 is 14.2 Å². The number of piperidine rings is 1. The van der Waals surface area contributed by atoms with Gasteiger partial charge in [0.15, 0.2) is 5.82 Å². The van der Waals surface area contributed by atoms with Crippen molar-refractivity contribution in [2.24, 2.45) is 0 Å². The number of rotatable bonds is 4. The second kappa shape index (κ2) is 7.21. The molecule has 0 radical (unpaired) electrons. The highest BCUT2D eigenvalue weighted by Crippen LogP contribution is 2.32. The maximum Gasteiger partial charge on any atom is 0.273 e. The Kier molecular flexibility index (Phi) is 4.62. The van der Waals surface area contributed by atoms with E-state index in [2.05, 4.69) is 15.1 Å². The van der Waals surface area contributed by atoms with Crippen LogP contribution in [-0.2, 0) is 11.3 Å². The van der Waals surface area contributed by atoms with Gasteiger partial charge in [0, 0.05) is 25.2 Å². The summed E-state index contributed by atoms with van der Waals surface area (Å²) in [6.45, 7) is 0.936. The number of methoxy groups -OCH3 is 1. The summed E-state index contributed by atoms with van der Waals surface area (Å²) >= 11 is 0. The summed E-state index contributed by atoms with van der Waals surface area (Å²) in [5.41, 5.74) is 0.464. The molecule has 26 heavy (non-hydrogen) atoms.